The summed E-state index contributed by atoms with van der Waals surface area (Å²) in [7, 11) is 0. The van der Waals surface area contributed by atoms with Gasteiger partial charge in [-0.3, -0.25) is 0 Å². The van der Waals surface area contributed by atoms with Gasteiger partial charge in [-0.05, 0) is 56.9 Å². The lowest BCUT2D eigenvalue weighted by Crippen LogP contribution is -1.87. The van der Waals surface area contributed by atoms with Crippen LogP contribution in [-0.4, -0.2) is 0 Å². The molecular formula is C20H26. The number of hydrogen-bond acceptors (Lipinski definition) is 0. The third-order valence-corrected chi connectivity index (χ3v) is 3.81. The van der Waals surface area contributed by atoms with Crippen molar-refractivity contribution >= 4 is 0 Å². The van der Waals surface area contributed by atoms with Crippen LogP contribution in [0.1, 0.15) is 50.5 Å². The van der Waals surface area contributed by atoms with E-state index in [0.717, 1.165) is 0 Å². The molecule has 0 aliphatic heterocycles. The molecule has 0 aromatic heterocycles. The van der Waals surface area contributed by atoms with Gasteiger partial charge in [-0.15, -0.1) is 0 Å². The number of allylic oxidation sites excluding steroid dienone is 6. The van der Waals surface area contributed by atoms with Crippen molar-refractivity contribution in [3.05, 3.63) is 71.8 Å². The summed E-state index contributed by atoms with van der Waals surface area (Å²) in [4.78, 5) is 0. The van der Waals surface area contributed by atoms with Crippen LogP contribution in [-0.2, 0) is 6.42 Å². The van der Waals surface area contributed by atoms with Gasteiger partial charge in [0.1, 0.15) is 0 Å². The van der Waals surface area contributed by atoms with E-state index in [4.69, 9.17) is 0 Å². The first-order valence-electron chi connectivity index (χ1n) is 7.98. The zero-order valence-electron chi connectivity index (χ0n) is 12.4. The zero-order valence-corrected chi connectivity index (χ0v) is 12.4. The Labute approximate surface area is 123 Å². The third kappa shape index (κ3) is 6.06. The normalized spacial score (nSPS) is 14.7. The molecule has 0 heterocycles. The molecule has 0 saturated heterocycles. The van der Waals surface area contributed by atoms with Crippen molar-refractivity contribution in [2.24, 2.45) is 0 Å². The highest BCUT2D eigenvalue weighted by Gasteiger charge is 1.98. The van der Waals surface area contributed by atoms with Gasteiger partial charge in [-0.2, -0.15) is 0 Å². The van der Waals surface area contributed by atoms with E-state index < -0.39 is 0 Å². The van der Waals surface area contributed by atoms with Crippen LogP contribution in [0.25, 0.3) is 0 Å². The molecule has 0 radical (unpaired) electrons. The molecule has 0 unspecified atom stereocenters. The molecule has 0 spiro atoms. The van der Waals surface area contributed by atoms with Gasteiger partial charge in [-0.1, -0.05) is 66.3 Å². The lowest BCUT2D eigenvalue weighted by molar-refractivity contribution is 0.775. The lowest BCUT2D eigenvalue weighted by atomic mass is 9.99. The topological polar surface area (TPSA) is 0 Å². The first-order chi connectivity index (χ1) is 9.95. The van der Waals surface area contributed by atoms with Crippen molar-refractivity contribution in [3.63, 3.8) is 0 Å². The van der Waals surface area contributed by atoms with Gasteiger partial charge in [0.05, 0.1) is 0 Å². The Kier molecular flexibility index (Phi) is 6.95. The number of rotatable bonds is 8. The summed E-state index contributed by atoms with van der Waals surface area (Å²) in [5.41, 5.74) is 3.09. The first kappa shape index (κ1) is 14.8. The second-order valence-electron chi connectivity index (χ2n) is 5.53. The first-order valence-corrected chi connectivity index (χ1v) is 7.98. The molecule has 0 N–H and O–H groups in total. The molecule has 1 aliphatic rings. The van der Waals surface area contributed by atoms with Crippen molar-refractivity contribution in [1.29, 1.82) is 0 Å². The van der Waals surface area contributed by atoms with Crippen LogP contribution >= 0.6 is 0 Å². The fraction of sp³-hybridized carbons (Fsp3) is 0.400. The molecule has 1 aromatic rings. The van der Waals surface area contributed by atoms with E-state index in [0.29, 0.717) is 0 Å². The Hall–Kier alpha value is -1.56. The summed E-state index contributed by atoms with van der Waals surface area (Å²) >= 11 is 0. The maximum atomic E-state index is 2.37. The van der Waals surface area contributed by atoms with E-state index in [2.05, 4.69) is 60.7 Å². The Bertz CT molecular complexity index is 448. The molecule has 106 valence electrons. The van der Waals surface area contributed by atoms with Crippen molar-refractivity contribution in [2.75, 3.05) is 0 Å². The summed E-state index contributed by atoms with van der Waals surface area (Å²) in [6.07, 6.45) is 21.5. The molecule has 1 aromatic carbocycles. The van der Waals surface area contributed by atoms with Gasteiger partial charge in [-0.25, -0.2) is 0 Å². The largest absolute Gasteiger partial charge is 0.0885 e. The minimum atomic E-state index is 1.20. The molecule has 0 nitrogen and oxygen atoms in total. The van der Waals surface area contributed by atoms with Crippen molar-refractivity contribution in [2.45, 2.75) is 51.4 Å². The standard InChI is InChI=1S/C20H26/c1(3-7-13-19-15-9-5-10-16-19)2-4-8-14-20-17-11-6-12-18-20/h1-2,5-6,9-11,15-17H,3-4,7-8,12-14,18H2/b2-1-. The second-order valence-corrected chi connectivity index (χ2v) is 5.53. The molecular weight excluding hydrogens is 240 g/mol. The smallest absolute Gasteiger partial charge is 0.0276 e. The van der Waals surface area contributed by atoms with Crippen LogP contribution in [0.4, 0.5) is 0 Å². The van der Waals surface area contributed by atoms with Crippen LogP contribution in [0.3, 0.4) is 0 Å². The highest BCUT2D eigenvalue weighted by molar-refractivity contribution is 5.17. The average Bonchev–Trinajstić information content (AvgIpc) is 2.52. The molecule has 0 bridgehead atoms. The van der Waals surface area contributed by atoms with Gasteiger partial charge < -0.3 is 0 Å². The third-order valence-electron chi connectivity index (χ3n) is 3.81. The Morgan fingerprint density at radius 2 is 1.65 bits per heavy atom. The maximum Gasteiger partial charge on any atom is -0.0276 e. The summed E-state index contributed by atoms with van der Waals surface area (Å²) in [6, 6.07) is 10.8. The Morgan fingerprint density at radius 1 is 0.900 bits per heavy atom. The second kappa shape index (κ2) is 9.36. The van der Waals surface area contributed by atoms with Gasteiger partial charge in [0.2, 0.25) is 0 Å². The minimum Gasteiger partial charge on any atom is -0.0885 e. The zero-order chi connectivity index (χ0) is 13.9. The van der Waals surface area contributed by atoms with Crippen LogP contribution in [0.5, 0.6) is 0 Å². The Morgan fingerprint density at radius 3 is 2.35 bits per heavy atom. The average molecular weight is 266 g/mol. The quantitative estimate of drug-likeness (QED) is 0.399. The van der Waals surface area contributed by atoms with Gasteiger partial charge in [0.25, 0.3) is 0 Å². The maximum absolute atomic E-state index is 2.37. The lowest BCUT2D eigenvalue weighted by Gasteiger charge is -2.07. The van der Waals surface area contributed by atoms with Crippen LogP contribution < -0.4 is 0 Å². The van der Waals surface area contributed by atoms with E-state index >= 15 is 0 Å². The van der Waals surface area contributed by atoms with Crippen LogP contribution in [0.2, 0.25) is 0 Å². The number of hydrogen-bond donors (Lipinski definition) is 0. The molecule has 20 heavy (non-hydrogen) atoms. The van der Waals surface area contributed by atoms with E-state index in [1.54, 1.807) is 5.57 Å². The summed E-state index contributed by atoms with van der Waals surface area (Å²) in [6.45, 7) is 0. The van der Waals surface area contributed by atoms with Gasteiger partial charge >= 0.3 is 0 Å². The fourth-order valence-corrected chi connectivity index (χ4v) is 2.61. The Balaban J connectivity index is 1.49. The van der Waals surface area contributed by atoms with Gasteiger partial charge in [0, 0.05) is 0 Å². The van der Waals surface area contributed by atoms with E-state index in [1.165, 1.54) is 56.9 Å². The molecule has 0 heteroatoms. The van der Waals surface area contributed by atoms with Gasteiger partial charge in [0.15, 0.2) is 0 Å². The highest BCUT2D eigenvalue weighted by Crippen LogP contribution is 2.18. The monoisotopic (exact) mass is 266 g/mol. The van der Waals surface area contributed by atoms with Crippen LogP contribution in [0.15, 0.2) is 66.3 Å². The number of benzene rings is 1. The molecule has 0 fully saturated rings. The number of unbranched alkanes of at least 4 members (excludes halogenated alkanes) is 2. The fourth-order valence-electron chi connectivity index (χ4n) is 2.61. The molecule has 2 rings (SSSR count). The van der Waals surface area contributed by atoms with E-state index in [-0.39, 0.29) is 0 Å². The van der Waals surface area contributed by atoms with Crippen molar-refractivity contribution < 1.29 is 0 Å². The van der Waals surface area contributed by atoms with Crippen molar-refractivity contribution in [1.82, 2.24) is 0 Å². The van der Waals surface area contributed by atoms with E-state index in [1.807, 2.05) is 0 Å². The highest BCUT2D eigenvalue weighted by atomic mass is 14.0. The van der Waals surface area contributed by atoms with Crippen LogP contribution in [0, 0.1) is 0 Å². The molecule has 0 saturated carbocycles. The molecule has 0 amide bonds. The molecule has 1 aliphatic carbocycles. The van der Waals surface area contributed by atoms with E-state index in [9.17, 15) is 0 Å². The SMILES string of the molecule is C1=CCCC(CCC/C=C\CCCc2ccccc2)=C1. The minimum absolute atomic E-state index is 1.20. The summed E-state index contributed by atoms with van der Waals surface area (Å²) in [5.74, 6) is 0. The number of aryl methyl sites for hydroxylation is 1. The molecule has 0 atom stereocenters. The van der Waals surface area contributed by atoms with Crippen molar-refractivity contribution in [3.8, 4) is 0 Å². The predicted octanol–water partition coefficient (Wildman–Crippen LogP) is 6.01. The summed E-state index contributed by atoms with van der Waals surface area (Å²) < 4.78 is 0. The summed E-state index contributed by atoms with van der Waals surface area (Å²) in [5, 5.41) is 0. The predicted molar refractivity (Wildman–Crippen MR) is 88.8 cm³/mol.